The van der Waals surface area contributed by atoms with Gasteiger partial charge in [-0.3, -0.25) is 4.98 Å². The largest absolute Gasteiger partial charge is 0.496 e. The van der Waals surface area contributed by atoms with E-state index in [0.29, 0.717) is 5.41 Å². The van der Waals surface area contributed by atoms with Crippen LogP contribution < -0.4 is 5.46 Å². The van der Waals surface area contributed by atoms with E-state index < -0.39 is 0 Å². The van der Waals surface area contributed by atoms with Crippen LogP contribution in [0.25, 0.3) is 22.4 Å². The van der Waals surface area contributed by atoms with E-state index in [4.69, 9.17) is 14.3 Å². The highest BCUT2D eigenvalue weighted by molar-refractivity contribution is 6.62. The molecule has 39 heavy (non-hydrogen) atoms. The Kier molecular flexibility index (Phi) is 5.75. The second-order valence-corrected chi connectivity index (χ2v) is 13.7. The van der Waals surface area contributed by atoms with E-state index in [1.807, 2.05) is 6.20 Å². The van der Waals surface area contributed by atoms with E-state index in [2.05, 4.69) is 83.1 Å². The molecule has 0 radical (unpaired) electrons. The number of benzene rings is 2. The summed E-state index contributed by atoms with van der Waals surface area (Å²) in [4.78, 5) is 4.93. The summed E-state index contributed by atoms with van der Waals surface area (Å²) in [5.41, 5.74) is 10.8. The van der Waals surface area contributed by atoms with Crippen LogP contribution in [0.5, 0.6) is 0 Å². The van der Waals surface area contributed by atoms with Crippen LogP contribution in [0.4, 0.5) is 0 Å². The molecule has 1 aromatic heterocycles. The Morgan fingerprint density at radius 2 is 1.38 bits per heavy atom. The fourth-order valence-electron chi connectivity index (χ4n) is 8.43. The molecule has 3 aliphatic carbocycles. The number of aromatic nitrogens is 1. The van der Waals surface area contributed by atoms with Gasteiger partial charge in [-0.15, -0.1) is 0 Å². The summed E-state index contributed by atoms with van der Waals surface area (Å²) in [7, 11) is -0.379. The lowest BCUT2D eigenvalue weighted by Gasteiger charge is -2.48. The average molecular weight is 520 g/mol. The maximum Gasteiger partial charge on any atom is 0.496 e. The highest BCUT2D eigenvalue weighted by Gasteiger charge is 2.62. The third-order valence-electron chi connectivity index (χ3n) is 11.2. The molecule has 0 spiro atoms. The molecule has 0 amide bonds. The second-order valence-electron chi connectivity index (χ2n) is 13.7. The lowest BCUT2D eigenvalue weighted by molar-refractivity contribution is 0.00578. The third kappa shape index (κ3) is 3.60. The van der Waals surface area contributed by atoms with E-state index in [9.17, 15) is 0 Å². The molecule has 4 aliphatic rings. The van der Waals surface area contributed by atoms with Crippen molar-refractivity contribution in [1.29, 1.82) is 0 Å². The highest BCUT2D eigenvalue weighted by Crippen LogP contribution is 2.69. The zero-order chi connectivity index (χ0) is 27.0. The van der Waals surface area contributed by atoms with Crippen molar-refractivity contribution in [2.45, 2.75) is 114 Å². The van der Waals surface area contributed by atoms with Crippen LogP contribution in [-0.2, 0) is 26.6 Å². The van der Waals surface area contributed by atoms with Crippen molar-refractivity contribution in [1.82, 2.24) is 4.98 Å². The molecule has 202 valence electrons. The van der Waals surface area contributed by atoms with Gasteiger partial charge in [0, 0.05) is 28.1 Å². The molecule has 4 heteroatoms. The van der Waals surface area contributed by atoms with Gasteiger partial charge in [-0.25, -0.2) is 0 Å². The summed E-state index contributed by atoms with van der Waals surface area (Å²) < 4.78 is 12.5. The molecule has 3 fully saturated rings. The van der Waals surface area contributed by atoms with E-state index in [0.717, 1.165) is 11.2 Å². The predicted molar refractivity (Wildman–Crippen MR) is 160 cm³/mol. The number of rotatable bonds is 5. The first-order chi connectivity index (χ1) is 18.7. The molecule has 3 aromatic rings. The van der Waals surface area contributed by atoms with E-state index in [1.54, 1.807) is 11.1 Å². The van der Waals surface area contributed by atoms with Gasteiger partial charge in [0.25, 0.3) is 0 Å². The number of hydrogen-bond acceptors (Lipinski definition) is 3. The van der Waals surface area contributed by atoms with Gasteiger partial charge in [-0.1, -0.05) is 62.6 Å². The van der Waals surface area contributed by atoms with Gasteiger partial charge in [-0.2, -0.15) is 0 Å². The van der Waals surface area contributed by atoms with E-state index in [1.165, 1.54) is 80.0 Å². The number of fused-ring (bicyclic) bond motifs is 3. The van der Waals surface area contributed by atoms with Gasteiger partial charge >= 0.3 is 7.12 Å². The van der Waals surface area contributed by atoms with Crippen molar-refractivity contribution >= 4 is 12.6 Å². The summed E-state index contributed by atoms with van der Waals surface area (Å²) in [6.07, 6.45) is 13.6. The van der Waals surface area contributed by atoms with Crippen LogP contribution in [-0.4, -0.2) is 23.3 Å². The van der Waals surface area contributed by atoms with Crippen molar-refractivity contribution in [2.75, 3.05) is 0 Å². The Morgan fingerprint density at radius 3 is 1.97 bits per heavy atom. The van der Waals surface area contributed by atoms with Gasteiger partial charge in [0.1, 0.15) is 0 Å². The number of pyridine rings is 1. The van der Waals surface area contributed by atoms with Gasteiger partial charge in [0.2, 0.25) is 0 Å². The number of hydrogen-bond donors (Lipinski definition) is 0. The Labute approximate surface area is 234 Å². The van der Waals surface area contributed by atoms with Crippen molar-refractivity contribution in [3.05, 3.63) is 71.4 Å². The van der Waals surface area contributed by atoms with Crippen LogP contribution in [0.15, 0.2) is 54.7 Å². The maximum absolute atomic E-state index is 6.26. The lowest BCUT2D eigenvalue weighted by atomic mass is 9.55. The van der Waals surface area contributed by atoms with E-state index in [-0.39, 0.29) is 23.7 Å². The Bertz CT molecular complexity index is 1400. The SMILES string of the molecule is CCCCc1ccc2c(c1)C13CCCC1(CCC3)c1cc(-c3ccc(B4OC(C)(C)C(C)(C)O4)cn3)ccc1-2. The number of unbranched alkanes of at least 4 members (excludes halogenated alkanes) is 1. The summed E-state index contributed by atoms with van der Waals surface area (Å²) in [5.74, 6) is 0. The zero-order valence-electron chi connectivity index (χ0n) is 24.4. The minimum absolute atomic E-state index is 0.275. The number of nitrogens with zero attached hydrogens (tertiary/aromatic N) is 1. The highest BCUT2D eigenvalue weighted by atomic mass is 16.7. The summed E-state index contributed by atoms with van der Waals surface area (Å²) >= 11 is 0. The van der Waals surface area contributed by atoms with E-state index >= 15 is 0 Å². The molecule has 0 N–H and O–H groups in total. The Morgan fingerprint density at radius 1 is 0.769 bits per heavy atom. The fraction of sp³-hybridized carbons (Fsp3) is 0.514. The Balaban J connectivity index is 1.28. The summed E-state index contributed by atoms with van der Waals surface area (Å²) in [6, 6.07) is 18.9. The zero-order valence-corrected chi connectivity index (χ0v) is 24.4. The molecule has 0 unspecified atom stereocenters. The predicted octanol–water partition coefficient (Wildman–Crippen LogP) is 7.91. The fourth-order valence-corrected chi connectivity index (χ4v) is 8.43. The van der Waals surface area contributed by atoms with Gasteiger partial charge in [0.15, 0.2) is 0 Å². The van der Waals surface area contributed by atoms with Crippen LogP contribution in [0.1, 0.15) is 103 Å². The van der Waals surface area contributed by atoms with Gasteiger partial charge in [0.05, 0.1) is 16.9 Å². The lowest BCUT2D eigenvalue weighted by Crippen LogP contribution is -2.43. The molecule has 3 nitrogen and oxygen atoms in total. The molecule has 0 atom stereocenters. The van der Waals surface area contributed by atoms with Crippen molar-refractivity contribution in [2.24, 2.45) is 0 Å². The first-order valence-electron chi connectivity index (χ1n) is 15.3. The minimum Gasteiger partial charge on any atom is -0.399 e. The second kappa shape index (κ2) is 8.79. The molecule has 2 heterocycles. The molecule has 7 rings (SSSR count). The van der Waals surface area contributed by atoms with Crippen LogP contribution >= 0.6 is 0 Å². The van der Waals surface area contributed by atoms with Gasteiger partial charge < -0.3 is 9.31 Å². The molecular weight excluding hydrogens is 477 g/mol. The molecule has 1 aliphatic heterocycles. The van der Waals surface area contributed by atoms with Crippen molar-refractivity contribution in [3.8, 4) is 22.4 Å². The standard InChI is InChI=1S/C35H42BNO2/c1-6-7-10-24-11-14-27-28-15-12-25(22-30(28)35-19-8-17-34(35,18-9-20-35)29(27)21-24)31-16-13-26(23-37-31)36-38-32(2,3)33(4,5)39-36/h11-16,21-23H,6-10,17-20H2,1-5H3. The van der Waals surface area contributed by atoms with Crippen LogP contribution in [0.2, 0.25) is 0 Å². The maximum atomic E-state index is 6.26. The Hall–Kier alpha value is -2.43. The van der Waals surface area contributed by atoms with Crippen LogP contribution in [0.3, 0.4) is 0 Å². The van der Waals surface area contributed by atoms with Crippen molar-refractivity contribution < 1.29 is 9.31 Å². The first-order valence-corrected chi connectivity index (χ1v) is 15.3. The first kappa shape index (κ1) is 25.5. The quantitative estimate of drug-likeness (QED) is 0.321. The molecule has 1 saturated heterocycles. The van der Waals surface area contributed by atoms with Crippen molar-refractivity contribution in [3.63, 3.8) is 0 Å². The molecule has 2 saturated carbocycles. The molecule has 2 aromatic carbocycles. The topological polar surface area (TPSA) is 31.4 Å². The third-order valence-corrected chi connectivity index (χ3v) is 11.2. The monoisotopic (exact) mass is 519 g/mol. The molecular formula is C35H42BNO2. The smallest absolute Gasteiger partial charge is 0.399 e. The van der Waals surface area contributed by atoms with Gasteiger partial charge in [-0.05, 0) is 106 Å². The normalized spacial score (nSPS) is 27.7. The number of aryl methyl sites for hydroxylation is 1. The average Bonchev–Trinajstić information content (AvgIpc) is 3.56. The van der Waals surface area contributed by atoms with Crippen LogP contribution in [0, 0.1) is 0 Å². The summed E-state index contributed by atoms with van der Waals surface area (Å²) in [5, 5.41) is 0. The molecule has 0 bridgehead atoms. The minimum atomic E-state index is -0.379. The summed E-state index contributed by atoms with van der Waals surface area (Å²) in [6.45, 7) is 10.7.